The highest BCUT2D eigenvalue weighted by Crippen LogP contribution is 2.27. The number of nitrogens with zero attached hydrogens (tertiary/aromatic N) is 2. The van der Waals surface area contributed by atoms with Gasteiger partial charge in [0.15, 0.2) is 0 Å². The highest BCUT2D eigenvalue weighted by atomic mass is 32.2. The van der Waals surface area contributed by atoms with Crippen molar-refractivity contribution in [3.63, 3.8) is 0 Å². The third-order valence-electron chi connectivity index (χ3n) is 4.70. The Morgan fingerprint density at radius 3 is 2.70 bits per heavy atom. The Morgan fingerprint density at radius 1 is 1.30 bits per heavy atom. The third kappa shape index (κ3) is 4.86. The molecule has 2 heterocycles. The van der Waals surface area contributed by atoms with Gasteiger partial charge < -0.3 is 15.1 Å². The lowest BCUT2D eigenvalue weighted by molar-refractivity contribution is -0.144. The Labute approximate surface area is 144 Å². The number of thioether (sulfide) groups is 1. The van der Waals surface area contributed by atoms with E-state index in [-0.39, 0.29) is 17.9 Å². The van der Waals surface area contributed by atoms with Crippen LogP contribution in [0.5, 0.6) is 0 Å². The molecule has 132 valence electrons. The van der Waals surface area contributed by atoms with Crippen LogP contribution in [0, 0.1) is 11.3 Å². The molecule has 0 bridgehead atoms. The molecule has 2 amide bonds. The van der Waals surface area contributed by atoms with E-state index in [1.807, 2.05) is 20.8 Å². The van der Waals surface area contributed by atoms with Gasteiger partial charge in [0.2, 0.25) is 11.8 Å². The second-order valence-corrected chi connectivity index (χ2v) is 8.69. The zero-order valence-corrected chi connectivity index (χ0v) is 15.7. The molecule has 0 aromatic carbocycles. The van der Waals surface area contributed by atoms with Crippen LogP contribution in [-0.4, -0.2) is 65.5 Å². The van der Waals surface area contributed by atoms with Crippen LogP contribution < -0.4 is 5.32 Å². The number of carbonyl (C=O) groups is 2. The normalized spacial score (nSPS) is 26.3. The Balaban J connectivity index is 1.86. The molecule has 2 aliphatic rings. The summed E-state index contributed by atoms with van der Waals surface area (Å²) < 4.78 is 0. The zero-order chi connectivity index (χ0) is 17.0. The molecular weight excluding hydrogens is 310 g/mol. The molecule has 2 rings (SSSR count). The predicted molar refractivity (Wildman–Crippen MR) is 95.3 cm³/mol. The highest BCUT2D eigenvalue weighted by molar-refractivity contribution is 7.99. The summed E-state index contributed by atoms with van der Waals surface area (Å²) in [6.07, 6.45) is 2.39. The standard InChI is InChI=1S/C17H31N3O2S/c1-5-19-8-6-7-13(10-19)9-18-15(21)14-11-23-12-20(14)16(22)17(2,3)4/h13-14H,5-12H2,1-4H3,(H,18,21)/t13-,14-/m1/s1. The van der Waals surface area contributed by atoms with Gasteiger partial charge in [-0.3, -0.25) is 9.59 Å². The average molecular weight is 342 g/mol. The van der Waals surface area contributed by atoms with Crippen molar-refractivity contribution in [2.24, 2.45) is 11.3 Å². The number of rotatable bonds is 4. The fourth-order valence-electron chi connectivity index (χ4n) is 3.26. The van der Waals surface area contributed by atoms with Gasteiger partial charge in [0.1, 0.15) is 6.04 Å². The summed E-state index contributed by atoms with van der Waals surface area (Å²) in [6, 6.07) is -0.308. The Kier molecular flexibility index (Phi) is 6.37. The second-order valence-electron chi connectivity index (χ2n) is 7.69. The molecule has 5 nitrogen and oxygen atoms in total. The minimum absolute atomic E-state index is 0.0150. The smallest absolute Gasteiger partial charge is 0.243 e. The molecule has 2 saturated heterocycles. The summed E-state index contributed by atoms with van der Waals surface area (Å²) in [5, 5.41) is 3.10. The van der Waals surface area contributed by atoms with Gasteiger partial charge in [-0.05, 0) is 31.8 Å². The fourth-order valence-corrected chi connectivity index (χ4v) is 4.41. The number of nitrogens with one attached hydrogen (secondary N) is 1. The number of hydrogen-bond donors (Lipinski definition) is 1. The van der Waals surface area contributed by atoms with Gasteiger partial charge in [-0.2, -0.15) is 0 Å². The molecule has 23 heavy (non-hydrogen) atoms. The van der Waals surface area contributed by atoms with Gasteiger partial charge in [0.05, 0.1) is 5.88 Å². The van der Waals surface area contributed by atoms with Crippen molar-refractivity contribution < 1.29 is 9.59 Å². The van der Waals surface area contributed by atoms with Crippen molar-refractivity contribution in [2.75, 3.05) is 37.8 Å². The summed E-state index contributed by atoms with van der Waals surface area (Å²) in [5.41, 5.74) is -0.436. The number of amides is 2. The van der Waals surface area contributed by atoms with E-state index in [0.717, 1.165) is 19.6 Å². The molecule has 2 atom stereocenters. The monoisotopic (exact) mass is 341 g/mol. The van der Waals surface area contributed by atoms with Crippen LogP contribution in [0.3, 0.4) is 0 Å². The van der Waals surface area contributed by atoms with Crippen molar-refractivity contribution in [3.8, 4) is 0 Å². The summed E-state index contributed by atoms with van der Waals surface area (Å²) in [6.45, 7) is 12.0. The lowest BCUT2D eigenvalue weighted by Crippen LogP contribution is -2.51. The van der Waals surface area contributed by atoms with Crippen molar-refractivity contribution in [2.45, 2.75) is 46.6 Å². The molecule has 2 aliphatic heterocycles. The van der Waals surface area contributed by atoms with Gasteiger partial charge in [-0.25, -0.2) is 0 Å². The largest absolute Gasteiger partial charge is 0.354 e. The first kappa shape index (κ1) is 18.6. The summed E-state index contributed by atoms with van der Waals surface area (Å²) in [4.78, 5) is 29.2. The van der Waals surface area contributed by atoms with Crippen molar-refractivity contribution in [3.05, 3.63) is 0 Å². The fraction of sp³-hybridized carbons (Fsp3) is 0.882. The Hall–Kier alpha value is -0.750. The van der Waals surface area contributed by atoms with Crippen LogP contribution in [0.2, 0.25) is 0 Å². The van der Waals surface area contributed by atoms with Gasteiger partial charge in [-0.15, -0.1) is 11.8 Å². The number of piperidine rings is 1. The van der Waals surface area contributed by atoms with Crippen LogP contribution in [0.25, 0.3) is 0 Å². The first-order chi connectivity index (χ1) is 10.8. The quantitative estimate of drug-likeness (QED) is 0.847. The zero-order valence-electron chi connectivity index (χ0n) is 14.9. The lowest BCUT2D eigenvalue weighted by atomic mass is 9.94. The molecule has 0 saturated carbocycles. The first-order valence-corrected chi connectivity index (χ1v) is 9.87. The molecule has 6 heteroatoms. The van der Waals surface area contributed by atoms with E-state index >= 15 is 0 Å². The maximum atomic E-state index is 12.5. The van der Waals surface area contributed by atoms with Crippen molar-refractivity contribution in [1.82, 2.24) is 15.1 Å². The molecule has 1 N–H and O–H groups in total. The van der Waals surface area contributed by atoms with E-state index in [2.05, 4.69) is 17.1 Å². The minimum atomic E-state index is -0.436. The summed E-state index contributed by atoms with van der Waals surface area (Å²) in [5.74, 6) is 1.95. The molecule has 0 aliphatic carbocycles. The first-order valence-electron chi connectivity index (χ1n) is 8.71. The minimum Gasteiger partial charge on any atom is -0.354 e. The van der Waals surface area contributed by atoms with Gasteiger partial charge >= 0.3 is 0 Å². The van der Waals surface area contributed by atoms with E-state index in [4.69, 9.17) is 0 Å². The Bertz CT molecular complexity index is 436. The van der Waals surface area contributed by atoms with Crippen LogP contribution in [0.1, 0.15) is 40.5 Å². The van der Waals surface area contributed by atoms with E-state index in [1.165, 1.54) is 19.4 Å². The molecule has 0 aromatic rings. The summed E-state index contributed by atoms with van der Waals surface area (Å²) in [7, 11) is 0. The topological polar surface area (TPSA) is 52.7 Å². The van der Waals surface area contributed by atoms with Crippen molar-refractivity contribution >= 4 is 23.6 Å². The third-order valence-corrected chi connectivity index (χ3v) is 5.71. The molecule has 2 fully saturated rings. The lowest BCUT2D eigenvalue weighted by Gasteiger charge is -2.33. The molecule has 0 spiro atoms. The molecule has 0 radical (unpaired) electrons. The average Bonchev–Trinajstić information content (AvgIpc) is 3.00. The van der Waals surface area contributed by atoms with Crippen LogP contribution in [-0.2, 0) is 9.59 Å². The van der Waals surface area contributed by atoms with Gasteiger partial charge in [0, 0.05) is 24.3 Å². The SMILES string of the molecule is CCN1CCC[C@H](CNC(=O)[C@H]2CSCN2C(=O)C(C)(C)C)C1. The summed E-state index contributed by atoms with van der Waals surface area (Å²) >= 11 is 1.66. The van der Waals surface area contributed by atoms with Crippen LogP contribution in [0.15, 0.2) is 0 Å². The Morgan fingerprint density at radius 2 is 2.04 bits per heavy atom. The predicted octanol–water partition coefficient (Wildman–Crippen LogP) is 1.78. The van der Waals surface area contributed by atoms with E-state index < -0.39 is 5.41 Å². The van der Waals surface area contributed by atoms with Crippen LogP contribution >= 0.6 is 11.8 Å². The molecule has 0 unspecified atom stereocenters. The number of hydrogen-bond acceptors (Lipinski definition) is 4. The van der Waals surface area contributed by atoms with E-state index in [9.17, 15) is 9.59 Å². The highest BCUT2D eigenvalue weighted by Gasteiger charge is 2.39. The van der Waals surface area contributed by atoms with Gasteiger partial charge in [-0.1, -0.05) is 27.7 Å². The second kappa shape index (κ2) is 7.88. The van der Waals surface area contributed by atoms with Gasteiger partial charge in [0.25, 0.3) is 0 Å². The van der Waals surface area contributed by atoms with Crippen molar-refractivity contribution in [1.29, 1.82) is 0 Å². The number of likely N-dealkylation sites (tertiary alicyclic amines) is 1. The molecule has 0 aromatic heterocycles. The maximum Gasteiger partial charge on any atom is 0.243 e. The van der Waals surface area contributed by atoms with Crippen LogP contribution in [0.4, 0.5) is 0 Å². The number of carbonyl (C=O) groups excluding carboxylic acids is 2. The van der Waals surface area contributed by atoms with E-state index in [1.54, 1.807) is 16.7 Å². The maximum absolute atomic E-state index is 12.5. The molecular formula is C17H31N3O2S. The van der Waals surface area contributed by atoms with E-state index in [0.29, 0.717) is 17.5 Å².